The monoisotopic (exact) mass is 271 g/mol. The van der Waals surface area contributed by atoms with Gasteiger partial charge in [0, 0.05) is 11.5 Å². The van der Waals surface area contributed by atoms with E-state index < -0.39 is 0 Å². The van der Waals surface area contributed by atoms with E-state index in [1.165, 1.54) is 57.9 Å². The van der Waals surface area contributed by atoms with Gasteiger partial charge in [-0.25, -0.2) is 0 Å². The summed E-state index contributed by atoms with van der Waals surface area (Å²) in [5, 5.41) is 3.94. The molecular formula is C19H29N. The number of benzene rings is 1. The summed E-state index contributed by atoms with van der Waals surface area (Å²) in [6, 6.07) is 12.1. The third-order valence-corrected chi connectivity index (χ3v) is 5.40. The third kappa shape index (κ3) is 2.79. The molecule has 0 saturated heterocycles. The van der Waals surface area contributed by atoms with Gasteiger partial charge in [0.2, 0.25) is 0 Å². The second kappa shape index (κ2) is 6.30. The van der Waals surface area contributed by atoms with E-state index in [2.05, 4.69) is 42.6 Å². The van der Waals surface area contributed by atoms with Crippen molar-refractivity contribution >= 4 is 0 Å². The van der Waals surface area contributed by atoms with Crippen LogP contribution in [0.1, 0.15) is 63.9 Å². The van der Waals surface area contributed by atoms with E-state index in [1.807, 2.05) is 0 Å². The molecule has 2 saturated carbocycles. The molecule has 0 heterocycles. The van der Waals surface area contributed by atoms with Gasteiger partial charge in [-0.05, 0) is 50.1 Å². The molecule has 110 valence electrons. The number of nitrogens with one attached hydrogen (secondary N) is 1. The van der Waals surface area contributed by atoms with Gasteiger partial charge in [0.05, 0.1) is 0 Å². The highest BCUT2D eigenvalue weighted by Crippen LogP contribution is 2.49. The Balaban J connectivity index is 1.91. The van der Waals surface area contributed by atoms with Crippen molar-refractivity contribution in [2.45, 2.75) is 69.7 Å². The lowest BCUT2D eigenvalue weighted by Gasteiger charge is -2.45. The van der Waals surface area contributed by atoms with Gasteiger partial charge in [-0.2, -0.15) is 0 Å². The fourth-order valence-corrected chi connectivity index (χ4v) is 4.27. The molecule has 2 fully saturated rings. The van der Waals surface area contributed by atoms with Crippen LogP contribution in [0.5, 0.6) is 0 Å². The van der Waals surface area contributed by atoms with Crippen molar-refractivity contribution in [3.63, 3.8) is 0 Å². The second-order valence-corrected chi connectivity index (χ2v) is 6.85. The average Bonchev–Trinajstić information content (AvgIpc) is 3.34. The van der Waals surface area contributed by atoms with Crippen LogP contribution in [0.25, 0.3) is 0 Å². The summed E-state index contributed by atoms with van der Waals surface area (Å²) < 4.78 is 0. The number of hydrogen-bond donors (Lipinski definition) is 1. The maximum Gasteiger partial charge on any atom is 0.0192 e. The van der Waals surface area contributed by atoms with Crippen molar-refractivity contribution in [2.75, 3.05) is 6.54 Å². The molecule has 0 amide bonds. The lowest BCUT2D eigenvalue weighted by Crippen LogP contribution is -2.51. The number of rotatable bonds is 6. The van der Waals surface area contributed by atoms with Gasteiger partial charge in [0.1, 0.15) is 0 Å². The smallest absolute Gasteiger partial charge is 0.0192 e. The molecule has 1 unspecified atom stereocenters. The van der Waals surface area contributed by atoms with Gasteiger partial charge in [-0.3, -0.25) is 0 Å². The molecule has 20 heavy (non-hydrogen) atoms. The Bertz CT molecular complexity index is 401. The van der Waals surface area contributed by atoms with Gasteiger partial charge in [0.25, 0.3) is 0 Å². The van der Waals surface area contributed by atoms with Gasteiger partial charge < -0.3 is 5.32 Å². The van der Waals surface area contributed by atoms with Crippen LogP contribution >= 0.6 is 0 Å². The van der Waals surface area contributed by atoms with E-state index in [9.17, 15) is 0 Å². The molecule has 0 radical (unpaired) electrons. The number of hydrogen-bond acceptors (Lipinski definition) is 1. The van der Waals surface area contributed by atoms with Gasteiger partial charge >= 0.3 is 0 Å². The molecule has 1 aromatic rings. The van der Waals surface area contributed by atoms with Crippen LogP contribution < -0.4 is 5.32 Å². The molecule has 1 nitrogen and oxygen atoms in total. The summed E-state index contributed by atoms with van der Waals surface area (Å²) in [7, 11) is 0. The highest BCUT2D eigenvalue weighted by atomic mass is 15.0. The zero-order valence-corrected chi connectivity index (χ0v) is 12.9. The molecule has 1 N–H and O–H groups in total. The molecule has 2 aliphatic rings. The molecule has 0 aliphatic heterocycles. The largest absolute Gasteiger partial charge is 0.313 e. The van der Waals surface area contributed by atoms with Crippen molar-refractivity contribution in [3.05, 3.63) is 35.9 Å². The van der Waals surface area contributed by atoms with E-state index in [1.54, 1.807) is 5.56 Å². The lowest BCUT2D eigenvalue weighted by atomic mass is 9.63. The van der Waals surface area contributed by atoms with Crippen molar-refractivity contribution in [3.8, 4) is 0 Å². The van der Waals surface area contributed by atoms with Gasteiger partial charge in [0.15, 0.2) is 0 Å². The molecule has 0 aromatic heterocycles. The summed E-state index contributed by atoms with van der Waals surface area (Å²) >= 11 is 0. The summed E-state index contributed by atoms with van der Waals surface area (Å²) in [5.74, 6) is 0.930. The maximum absolute atomic E-state index is 3.94. The van der Waals surface area contributed by atoms with Crippen LogP contribution in [0.15, 0.2) is 30.3 Å². The van der Waals surface area contributed by atoms with Gasteiger partial charge in [-0.1, -0.05) is 56.5 Å². The molecule has 1 aromatic carbocycles. The Labute approximate surface area is 124 Å². The van der Waals surface area contributed by atoms with Crippen molar-refractivity contribution in [1.82, 2.24) is 5.32 Å². The normalized spacial score (nSPS) is 23.4. The first-order chi connectivity index (χ1) is 9.87. The first kappa shape index (κ1) is 14.1. The third-order valence-electron chi connectivity index (χ3n) is 5.40. The van der Waals surface area contributed by atoms with Crippen LogP contribution in [0.3, 0.4) is 0 Å². The van der Waals surface area contributed by atoms with Crippen LogP contribution in [0, 0.1) is 5.92 Å². The van der Waals surface area contributed by atoms with E-state index in [0.717, 1.165) is 5.92 Å². The predicted molar refractivity (Wildman–Crippen MR) is 86.0 cm³/mol. The minimum absolute atomic E-state index is 0.413. The van der Waals surface area contributed by atoms with Crippen LogP contribution in [0.2, 0.25) is 0 Å². The summed E-state index contributed by atoms with van der Waals surface area (Å²) in [5.41, 5.74) is 2.01. The SMILES string of the molecule is CCCNC(C1CC1)C1(c2ccccc2)CCCCC1. The van der Waals surface area contributed by atoms with E-state index in [0.29, 0.717) is 11.5 Å². The highest BCUT2D eigenvalue weighted by Gasteiger charge is 2.47. The summed E-state index contributed by atoms with van der Waals surface area (Å²) in [6.07, 6.45) is 11.1. The predicted octanol–water partition coefficient (Wildman–Crippen LogP) is 4.67. The van der Waals surface area contributed by atoms with Crippen molar-refractivity contribution in [1.29, 1.82) is 0 Å². The summed E-state index contributed by atoms with van der Waals surface area (Å²) in [4.78, 5) is 0. The Morgan fingerprint density at radius 1 is 1.10 bits per heavy atom. The van der Waals surface area contributed by atoms with Crippen molar-refractivity contribution < 1.29 is 0 Å². The van der Waals surface area contributed by atoms with E-state index in [4.69, 9.17) is 0 Å². The van der Waals surface area contributed by atoms with Crippen molar-refractivity contribution in [2.24, 2.45) is 5.92 Å². The van der Waals surface area contributed by atoms with Gasteiger partial charge in [-0.15, -0.1) is 0 Å². The quantitative estimate of drug-likeness (QED) is 0.793. The molecule has 2 aliphatic carbocycles. The second-order valence-electron chi connectivity index (χ2n) is 6.85. The lowest BCUT2D eigenvalue weighted by molar-refractivity contribution is 0.194. The molecule has 1 heteroatoms. The Kier molecular flexibility index (Phi) is 4.45. The molecule has 0 bridgehead atoms. The van der Waals surface area contributed by atoms with E-state index >= 15 is 0 Å². The average molecular weight is 271 g/mol. The molecule has 0 spiro atoms. The van der Waals surface area contributed by atoms with Crippen LogP contribution in [-0.4, -0.2) is 12.6 Å². The maximum atomic E-state index is 3.94. The molecule has 3 rings (SSSR count). The first-order valence-corrected chi connectivity index (χ1v) is 8.66. The highest BCUT2D eigenvalue weighted by molar-refractivity contribution is 5.29. The minimum atomic E-state index is 0.413. The molecular weight excluding hydrogens is 242 g/mol. The minimum Gasteiger partial charge on any atom is -0.313 e. The van der Waals surface area contributed by atoms with Crippen LogP contribution in [0.4, 0.5) is 0 Å². The fourth-order valence-electron chi connectivity index (χ4n) is 4.27. The van der Waals surface area contributed by atoms with E-state index in [-0.39, 0.29) is 0 Å². The Morgan fingerprint density at radius 3 is 2.40 bits per heavy atom. The van der Waals surface area contributed by atoms with Crippen LogP contribution in [-0.2, 0) is 5.41 Å². The first-order valence-electron chi connectivity index (χ1n) is 8.66. The Hall–Kier alpha value is -0.820. The fraction of sp³-hybridized carbons (Fsp3) is 0.684. The Morgan fingerprint density at radius 2 is 1.80 bits per heavy atom. The molecule has 1 atom stereocenters. The zero-order valence-electron chi connectivity index (χ0n) is 12.9. The zero-order chi connectivity index (χ0) is 13.8. The standard InChI is InChI=1S/C19H29N/c1-2-15-20-18(16-11-12-16)19(13-7-4-8-14-19)17-9-5-3-6-10-17/h3,5-6,9-10,16,18,20H,2,4,7-8,11-15H2,1H3. The topological polar surface area (TPSA) is 12.0 Å². The summed E-state index contributed by atoms with van der Waals surface area (Å²) in [6.45, 7) is 3.46.